The maximum absolute atomic E-state index is 11.8. The number of aryl methyl sites for hydroxylation is 1. The lowest BCUT2D eigenvalue weighted by atomic mass is 10.2. The van der Waals surface area contributed by atoms with Gasteiger partial charge in [0, 0.05) is 10.2 Å². The van der Waals surface area contributed by atoms with Crippen LogP contribution >= 0.6 is 15.9 Å². The largest absolute Gasteiger partial charge is 0.433 e. The van der Waals surface area contributed by atoms with Crippen molar-refractivity contribution in [2.75, 3.05) is 11.9 Å². The topological polar surface area (TPSA) is 114 Å². The number of rotatable bonds is 5. The van der Waals surface area contributed by atoms with Crippen molar-refractivity contribution in [3.05, 3.63) is 56.2 Å². The van der Waals surface area contributed by atoms with E-state index in [-0.39, 0.29) is 12.3 Å². The van der Waals surface area contributed by atoms with Crippen molar-refractivity contribution in [1.82, 2.24) is 5.32 Å². The Morgan fingerprint density at radius 2 is 2.04 bits per heavy atom. The van der Waals surface area contributed by atoms with Crippen LogP contribution in [0.4, 0.5) is 11.6 Å². The average molecular weight is 382 g/mol. The van der Waals surface area contributed by atoms with Crippen molar-refractivity contribution in [1.29, 1.82) is 0 Å². The molecule has 8 nitrogen and oxygen atoms in total. The molecule has 0 unspecified atom stereocenters. The zero-order valence-electron chi connectivity index (χ0n) is 12.0. The highest BCUT2D eigenvalue weighted by atomic mass is 79.9. The summed E-state index contributed by atoms with van der Waals surface area (Å²) in [5, 5.41) is 15.4. The molecule has 0 aliphatic carbocycles. The molecule has 0 aliphatic rings. The van der Waals surface area contributed by atoms with Crippen LogP contribution in [0.25, 0.3) is 0 Å². The Hall–Kier alpha value is -2.68. The van der Waals surface area contributed by atoms with Gasteiger partial charge in [0.2, 0.25) is 5.91 Å². The third-order valence-corrected chi connectivity index (χ3v) is 3.74. The van der Waals surface area contributed by atoms with Gasteiger partial charge in [0.25, 0.3) is 5.91 Å². The minimum absolute atomic E-state index is 0.232. The van der Waals surface area contributed by atoms with Crippen LogP contribution in [0, 0.1) is 17.0 Å². The summed E-state index contributed by atoms with van der Waals surface area (Å²) in [6.07, 6.45) is 0. The first kappa shape index (κ1) is 16.7. The van der Waals surface area contributed by atoms with Gasteiger partial charge < -0.3 is 15.1 Å². The van der Waals surface area contributed by atoms with Gasteiger partial charge in [-0.05, 0) is 36.8 Å². The lowest BCUT2D eigenvalue weighted by Gasteiger charge is -2.07. The first-order valence-electron chi connectivity index (χ1n) is 6.45. The summed E-state index contributed by atoms with van der Waals surface area (Å²) < 4.78 is 5.66. The van der Waals surface area contributed by atoms with E-state index in [9.17, 15) is 19.7 Å². The second kappa shape index (κ2) is 7.05. The van der Waals surface area contributed by atoms with Gasteiger partial charge in [-0.3, -0.25) is 19.7 Å². The standard InChI is InChI=1S/C14H12BrN3O5/c1-8-6-9(2-3-10(8)15)17-12(19)7-16-14(20)11-4-5-13(23-11)18(21)22/h2-6H,7H2,1H3,(H,16,20)(H,17,19). The molecule has 0 saturated heterocycles. The Bertz CT molecular complexity index is 772. The molecule has 0 spiro atoms. The maximum atomic E-state index is 11.8. The van der Waals surface area contributed by atoms with E-state index >= 15 is 0 Å². The first-order chi connectivity index (χ1) is 10.9. The van der Waals surface area contributed by atoms with E-state index in [1.807, 2.05) is 6.92 Å². The fourth-order valence-corrected chi connectivity index (χ4v) is 1.97. The van der Waals surface area contributed by atoms with E-state index < -0.39 is 22.6 Å². The van der Waals surface area contributed by atoms with Crippen LogP contribution in [0.1, 0.15) is 16.1 Å². The Balaban J connectivity index is 1.89. The lowest BCUT2D eigenvalue weighted by Crippen LogP contribution is -2.32. The molecule has 0 saturated carbocycles. The second-order valence-corrected chi connectivity index (χ2v) is 5.44. The van der Waals surface area contributed by atoms with Crippen LogP contribution in [0.2, 0.25) is 0 Å². The molecule has 120 valence electrons. The third-order valence-electron chi connectivity index (χ3n) is 2.85. The zero-order valence-corrected chi connectivity index (χ0v) is 13.5. The number of hydrogen-bond acceptors (Lipinski definition) is 5. The summed E-state index contributed by atoms with van der Waals surface area (Å²) in [6, 6.07) is 7.53. The number of carbonyl (C=O) groups excluding carboxylic acids is 2. The van der Waals surface area contributed by atoms with Crippen molar-refractivity contribution in [2.24, 2.45) is 0 Å². The second-order valence-electron chi connectivity index (χ2n) is 4.59. The van der Waals surface area contributed by atoms with Crippen LogP contribution in [-0.2, 0) is 4.79 Å². The van der Waals surface area contributed by atoms with Gasteiger partial charge >= 0.3 is 5.88 Å². The molecule has 1 aromatic heterocycles. The fraction of sp³-hybridized carbons (Fsp3) is 0.143. The zero-order chi connectivity index (χ0) is 17.0. The fourth-order valence-electron chi connectivity index (χ4n) is 1.72. The minimum Gasteiger partial charge on any atom is -0.395 e. The van der Waals surface area contributed by atoms with Gasteiger partial charge in [-0.2, -0.15) is 0 Å². The minimum atomic E-state index is -0.751. The highest BCUT2D eigenvalue weighted by Crippen LogP contribution is 2.20. The first-order valence-corrected chi connectivity index (χ1v) is 7.24. The molecule has 0 fully saturated rings. The molecule has 0 radical (unpaired) electrons. The van der Waals surface area contributed by atoms with E-state index in [0.29, 0.717) is 5.69 Å². The van der Waals surface area contributed by atoms with Crippen LogP contribution in [0.3, 0.4) is 0 Å². The number of nitrogens with zero attached hydrogens (tertiary/aromatic N) is 1. The highest BCUT2D eigenvalue weighted by molar-refractivity contribution is 9.10. The van der Waals surface area contributed by atoms with Crippen molar-refractivity contribution in [2.45, 2.75) is 6.92 Å². The number of amides is 2. The lowest BCUT2D eigenvalue weighted by molar-refractivity contribution is -0.402. The van der Waals surface area contributed by atoms with Crippen molar-refractivity contribution in [3.63, 3.8) is 0 Å². The Labute approximate surface area is 139 Å². The summed E-state index contributed by atoms with van der Waals surface area (Å²) in [4.78, 5) is 33.2. The molecule has 2 aromatic rings. The number of hydrogen-bond donors (Lipinski definition) is 2. The maximum Gasteiger partial charge on any atom is 0.433 e. The van der Waals surface area contributed by atoms with Crippen molar-refractivity contribution in [3.8, 4) is 0 Å². The molecular formula is C14H12BrN3O5. The van der Waals surface area contributed by atoms with Gasteiger partial charge in [0.05, 0.1) is 12.6 Å². The van der Waals surface area contributed by atoms with Gasteiger partial charge in [-0.25, -0.2) is 0 Å². The molecular weight excluding hydrogens is 370 g/mol. The Morgan fingerprint density at radius 1 is 1.30 bits per heavy atom. The summed E-state index contributed by atoms with van der Waals surface area (Å²) in [5.41, 5.74) is 1.55. The predicted molar refractivity (Wildman–Crippen MR) is 85.2 cm³/mol. The average Bonchev–Trinajstić information content (AvgIpc) is 2.99. The van der Waals surface area contributed by atoms with E-state index in [0.717, 1.165) is 16.1 Å². The Morgan fingerprint density at radius 3 is 2.65 bits per heavy atom. The smallest absolute Gasteiger partial charge is 0.395 e. The summed E-state index contributed by atoms with van der Waals surface area (Å²) in [5.74, 6) is -1.91. The van der Waals surface area contributed by atoms with Crippen LogP contribution in [0.15, 0.2) is 39.2 Å². The summed E-state index contributed by atoms with van der Waals surface area (Å²) >= 11 is 3.36. The molecule has 1 heterocycles. The number of nitrogens with one attached hydrogen (secondary N) is 2. The highest BCUT2D eigenvalue weighted by Gasteiger charge is 2.17. The molecule has 2 amide bonds. The number of furan rings is 1. The monoisotopic (exact) mass is 381 g/mol. The van der Waals surface area contributed by atoms with E-state index in [1.165, 1.54) is 6.07 Å². The normalized spacial score (nSPS) is 10.2. The number of carbonyl (C=O) groups is 2. The number of nitro groups is 1. The van der Waals surface area contributed by atoms with Crippen molar-refractivity contribution >= 4 is 39.3 Å². The molecule has 9 heteroatoms. The van der Waals surface area contributed by atoms with Crippen LogP contribution < -0.4 is 10.6 Å². The van der Waals surface area contributed by atoms with Crippen LogP contribution in [0.5, 0.6) is 0 Å². The van der Waals surface area contributed by atoms with E-state index in [1.54, 1.807) is 18.2 Å². The van der Waals surface area contributed by atoms with E-state index in [4.69, 9.17) is 4.42 Å². The SMILES string of the molecule is Cc1cc(NC(=O)CNC(=O)c2ccc([N+](=O)[O-])o2)ccc1Br. The van der Waals surface area contributed by atoms with Gasteiger partial charge in [-0.1, -0.05) is 15.9 Å². The van der Waals surface area contributed by atoms with Gasteiger partial charge in [0.15, 0.2) is 5.76 Å². The molecule has 2 rings (SSSR count). The summed E-state index contributed by atoms with van der Waals surface area (Å²) in [6.45, 7) is 1.59. The van der Waals surface area contributed by atoms with Crippen molar-refractivity contribution < 1.29 is 18.9 Å². The predicted octanol–water partition coefficient (Wildman–Crippen LogP) is 2.63. The van der Waals surface area contributed by atoms with Crippen LogP contribution in [-0.4, -0.2) is 23.3 Å². The number of anilines is 1. The number of benzene rings is 1. The molecule has 0 atom stereocenters. The quantitative estimate of drug-likeness (QED) is 0.610. The molecule has 23 heavy (non-hydrogen) atoms. The summed E-state index contributed by atoms with van der Waals surface area (Å²) in [7, 11) is 0. The van der Waals surface area contributed by atoms with Gasteiger partial charge in [0.1, 0.15) is 4.92 Å². The van der Waals surface area contributed by atoms with E-state index in [2.05, 4.69) is 26.6 Å². The molecule has 0 aliphatic heterocycles. The molecule has 0 bridgehead atoms. The Kier molecular flexibility index (Phi) is 5.12. The van der Waals surface area contributed by atoms with Gasteiger partial charge in [-0.15, -0.1) is 0 Å². The third kappa shape index (κ3) is 4.39. The number of halogens is 1. The molecule has 1 aromatic carbocycles. The molecule has 2 N–H and O–H groups in total.